The maximum atomic E-state index is 13.4. The van der Waals surface area contributed by atoms with Crippen molar-refractivity contribution in [1.82, 2.24) is 4.90 Å². The van der Waals surface area contributed by atoms with Crippen LogP contribution < -0.4 is 0 Å². The monoisotopic (exact) mass is 654 g/mol. The molecule has 46 heavy (non-hydrogen) atoms. The molecule has 0 aliphatic rings. The van der Waals surface area contributed by atoms with E-state index in [0.29, 0.717) is 38.1 Å². The van der Waals surface area contributed by atoms with Crippen molar-refractivity contribution < 1.29 is 24.2 Å². The van der Waals surface area contributed by atoms with Crippen molar-refractivity contribution in [3.05, 3.63) is 0 Å². The zero-order valence-corrected chi connectivity index (χ0v) is 31.5. The van der Waals surface area contributed by atoms with Crippen molar-refractivity contribution in [3.8, 4) is 0 Å². The van der Waals surface area contributed by atoms with Gasteiger partial charge < -0.3 is 19.5 Å². The topological polar surface area (TPSA) is 76.1 Å². The largest absolute Gasteiger partial charge is 0.465 e. The van der Waals surface area contributed by atoms with E-state index in [0.717, 1.165) is 25.7 Å². The van der Waals surface area contributed by atoms with E-state index in [1.807, 2.05) is 11.9 Å². The van der Waals surface area contributed by atoms with Crippen LogP contribution in [-0.2, 0) is 19.1 Å². The van der Waals surface area contributed by atoms with Gasteiger partial charge in [-0.1, -0.05) is 156 Å². The van der Waals surface area contributed by atoms with Crippen LogP contribution in [0.15, 0.2) is 0 Å². The molecule has 0 aromatic heterocycles. The lowest BCUT2D eigenvalue weighted by atomic mass is 9.94. The van der Waals surface area contributed by atoms with E-state index in [2.05, 4.69) is 27.7 Å². The molecule has 0 heterocycles. The molecule has 0 saturated carbocycles. The number of carbonyl (C=O) groups is 2. The van der Waals surface area contributed by atoms with Crippen LogP contribution in [0.2, 0.25) is 0 Å². The van der Waals surface area contributed by atoms with Crippen molar-refractivity contribution >= 4 is 11.9 Å². The molecule has 0 aromatic carbocycles. The fourth-order valence-electron chi connectivity index (χ4n) is 6.42. The van der Waals surface area contributed by atoms with Gasteiger partial charge in [0.25, 0.3) is 0 Å². The molecule has 6 nitrogen and oxygen atoms in total. The first-order valence-electron chi connectivity index (χ1n) is 20.0. The summed E-state index contributed by atoms with van der Waals surface area (Å²) >= 11 is 0. The lowest BCUT2D eigenvalue weighted by Crippen LogP contribution is -2.35. The molecular weight excluding hydrogens is 574 g/mol. The molecular formula is C40H79NO5. The lowest BCUT2D eigenvalue weighted by molar-refractivity contribution is -0.157. The highest BCUT2D eigenvalue weighted by molar-refractivity contribution is 5.80. The van der Waals surface area contributed by atoms with Gasteiger partial charge in [-0.3, -0.25) is 9.59 Å². The van der Waals surface area contributed by atoms with Crippen molar-refractivity contribution in [2.24, 2.45) is 17.8 Å². The zero-order chi connectivity index (χ0) is 34.1. The van der Waals surface area contributed by atoms with Gasteiger partial charge in [0.1, 0.15) is 0 Å². The van der Waals surface area contributed by atoms with Crippen molar-refractivity contribution in [2.75, 3.05) is 40.0 Å². The minimum atomic E-state index is -0.583. The molecule has 0 bridgehead atoms. The third-order valence-electron chi connectivity index (χ3n) is 9.57. The van der Waals surface area contributed by atoms with Gasteiger partial charge in [0.15, 0.2) is 0 Å². The molecule has 0 fully saturated rings. The minimum Gasteiger partial charge on any atom is -0.465 e. The van der Waals surface area contributed by atoms with Gasteiger partial charge in [0.05, 0.1) is 32.2 Å². The van der Waals surface area contributed by atoms with Gasteiger partial charge in [-0.15, -0.1) is 0 Å². The van der Waals surface area contributed by atoms with Crippen LogP contribution in [0.1, 0.15) is 188 Å². The second-order valence-electron chi connectivity index (χ2n) is 14.2. The highest BCUT2D eigenvalue weighted by atomic mass is 16.5. The Morgan fingerprint density at radius 1 is 0.565 bits per heavy atom. The van der Waals surface area contributed by atoms with E-state index >= 15 is 0 Å². The Kier molecular flexibility index (Phi) is 32.9. The van der Waals surface area contributed by atoms with Crippen molar-refractivity contribution in [1.29, 1.82) is 0 Å². The first-order valence-corrected chi connectivity index (χ1v) is 20.0. The van der Waals surface area contributed by atoms with Gasteiger partial charge in [0, 0.05) is 13.1 Å². The average Bonchev–Trinajstić information content (AvgIpc) is 3.04. The van der Waals surface area contributed by atoms with E-state index in [1.165, 1.54) is 128 Å². The predicted molar refractivity (Wildman–Crippen MR) is 195 cm³/mol. The van der Waals surface area contributed by atoms with E-state index in [9.17, 15) is 14.7 Å². The highest BCUT2D eigenvalue weighted by Gasteiger charge is 2.27. The molecule has 0 rings (SSSR count). The summed E-state index contributed by atoms with van der Waals surface area (Å²) in [5.74, 6) is -0.411. The van der Waals surface area contributed by atoms with E-state index in [1.54, 1.807) is 0 Å². The third-order valence-corrected chi connectivity index (χ3v) is 9.57. The van der Waals surface area contributed by atoms with Crippen LogP contribution >= 0.6 is 0 Å². The summed E-state index contributed by atoms with van der Waals surface area (Å²) in [4.78, 5) is 28.4. The Labute approximate surface area is 286 Å². The van der Waals surface area contributed by atoms with E-state index in [4.69, 9.17) is 9.47 Å². The molecule has 274 valence electrons. The number of likely N-dealkylation sites (N-methyl/N-ethyl adjacent to an activating group) is 1. The molecule has 0 aliphatic heterocycles. The molecule has 6 heteroatoms. The highest BCUT2D eigenvalue weighted by Crippen LogP contribution is 2.22. The first kappa shape index (κ1) is 44.9. The van der Waals surface area contributed by atoms with Crippen LogP contribution in [0.3, 0.4) is 0 Å². The fraction of sp³-hybridized carbons (Fsp3) is 0.950. The first-order chi connectivity index (χ1) is 22.4. The quantitative estimate of drug-likeness (QED) is 0.0542. The Morgan fingerprint density at radius 2 is 0.935 bits per heavy atom. The summed E-state index contributed by atoms with van der Waals surface area (Å²) in [5.41, 5.74) is 0. The molecule has 3 unspecified atom stereocenters. The standard InChI is InChI=1S/C40H79NO5/c1-6-10-14-18-20-24-28-36(26-22-16-12-8-3)34-45-39(43)32-38(33-41(5)30-31-42)40(44)46-35-37(27-23-17-13-9-4)29-25-21-19-15-11-7-2/h36-38,42H,6-35H2,1-5H3. The Hall–Kier alpha value is -1.14. The molecule has 0 amide bonds. The number of unbranched alkanes of at least 4 members (excludes halogenated alkanes) is 16. The summed E-state index contributed by atoms with van der Waals surface area (Å²) in [5, 5.41) is 9.45. The summed E-state index contributed by atoms with van der Waals surface area (Å²) in [6.45, 7) is 10.7. The molecule has 0 aliphatic carbocycles. The zero-order valence-electron chi connectivity index (χ0n) is 31.5. The normalized spacial score (nSPS) is 13.5. The van der Waals surface area contributed by atoms with E-state index < -0.39 is 5.92 Å². The molecule has 3 atom stereocenters. The molecule has 0 spiro atoms. The second kappa shape index (κ2) is 33.7. The molecule has 0 saturated heterocycles. The maximum absolute atomic E-state index is 13.4. The van der Waals surface area contributed by atoms with Gasteiger partial charge >= 0.3 is 11.9 Å². The molecule has 0 aromatic rings. The third kappa shape index (κ3) is 27.9. The summed E-state index contributed by atoms with van der Waals surface area (Å²) in [6.07, 6.45) is 29.5. The number of hydrogen-bond donors (Lipinski definition) is 1. The van der Waals surface area contributed by atoms with Crippen molar-refractivity contribution in [2.45, 2.75) is 188 Å². The van der Waals surface area contributed by atoms with Crippen LogP contribution in [0, 0.1) is 17.8 Å². The summed E-state index contributed by atoms with van der Waals surface area (Å²) < 4.78 is 11.8. The van der Waals surface area contributed by atoms with Crippen molar-refractivity contribution in [3.63, 3.8) is 0 Å². The lowest BCUT2D eigenvalue weighted by Gasteiger charge is -2.24. The molecule has 1 N–H and O–H groups in total. The fourth-order valence-corrected chi connectivity index (χ4v) is 6.42. The smallest absolute Gasteiger partial charge is 0.310 e. The summed E-state index contributed by atoms with van der Waals surface area (Å²) in [6, 6.07) is 0. The SMILES string of the molecule is CCCCCCCCC(CCCCCC)COC(=O)CC(CN(C)CCO)C(=O)OCC(CCCCCC)CCCCCCCC. The number of nitrogens with zero attached hydrogens (tertiary/aromatic N) is 1. The van der Waals surface area contributed by atoms with Gasteiger partial charge in [-0.05, 0) is 44.6 Å². The predicted octanol–water partition coefficient (Wildman–Crippen LogP) is 10.7. The number of esters is 2. The average molecular weight is 654 g/mol. The number of aliphatic hydroxyl groups excluding tert-OH is 1. The van der Waals surface area contributed by atoms with Crippen LogP contribution in [0.5, 0.6) is 0 Å². The number of aliphatic hydroxyl groups is 1. The second-order valence-corrected chi connectivity index (χ2v) is 14.2. The van der Waals surface area contributed by atoms with Crippen LogP contribution in [0.25, 0.3) is 0 Å². The van der Waals surface area contributed by atoms with Gasteiger partial charge in [-0.25, -0.2) is 0 Å². The number of ether oxygens (including phenoxy) is 2. The van der Waals surface area contributed by atoms with Crippen LogP contribution in [0.4, 0.5) is 0 Å². The Balaban J connectivity index is 5.11. The Morgan fingerprint density at radius 3 is 1.35 bits per heavy atom. The Bertz CT molecular complexity index is 672. The number of carbonyl (C=O) groups excluding carboxylic acids is 2. The maximum Gasteiger partial charge on any atom is 0.310 e. The molecule has 0 radical (unpaired) electrons. The van der Waals surface area contributed by atoms with Crippen LogP contribution in [-0.4, -0.2) is 61.9 Å². The minimum absolute atomic E-state index is 0.0129. The number of hydrogen-bond acceptors (Lipinski definition) is 6. The van der Waals surface area contributed by atoms with E-state index in [-0.39, 0.29) is 25.0 Å². The number of rotatable bonds is 35. The van der Waals surface area contributed by atoms with Gasteiger partial charge in [0.2, 0.25) is 0 Å². The van der Waals surface area contributed by atoms with Gasteiger partial charge in [-0.2, -0.15) is 0 Å². The summed E-state index contributed by atoms with van der Waals surface area (Å²) in [7, 11) is 1.88.